The highest BCUT2D eigenvalue weighted by Crippen LogP contribution is 2.36. The van der Waals surface area contributed by atoms with Crippen molar-refractivity contribution in [1.82, 2.24) is 15.3 Å². The lowest BCUT2D eigenvalue weighted by atomic mass is 9.82. The summed E-state index contributed by atoms with van der Waals surface area (Å²) < 4.78 is 23.6. The zero-order valence-corrected chi connectivity index (χ0v) is 12.9. The molecule has 5 nitrogen and oxygen atoms in total. The Bertz CT molecular complexity index is 518. The van der Waals surface area contributed by atoms with Crippen molar-refractivity contribution in [3.63, 3.8) is 0 Å². The van der Waals surface area contributed by atoms with Crippen LogP contribution in [0.5, 0.6) is 0 Å². The van der Waals surface area contributed by atoms with E-state index in [0.29, 0.717) is 5.92 Å². The molecule has 3 unspecified atom stereocenters. The van der Waals surface area contributed by atoms with E-state index >= 15 is 0 Å². The average Bonchev–Trinajstić information content (AvgIpc) is 2.45. The molecule has 0 spiro atoms. The van der Waals surface area contributed by atoms with Gasteiger partial charge in [0.1, 0.15) is 16.2 Å². The summed E-state index contributed by atoms with van der Waals surface area (Å²) in [7, 11) is -2.95. The molecule has 112 valence electrons. The van der Waals surface area contributed by atoms with Crippen molar-refractivity contribution < 1.29 is 8.42 Å². The Kier molecular flexibility index (Phi) is 5.10. The third kappa shape index (κ3) is 3.76. The van der Waals surface area contributed by atoms with Crippen LogP contribution in [-0.2, 0) is 9.84 Å². The van der Waals surface area contributed by atoms with Crippen molar-refractivity contribution in [2.24, 2.45) is 5.92 Å². The maximum absolute atomic E-state index is 11.8. The minimum Gasteiger partial charge on any atom is -0.309 e. The highest BCUT2D eigenvalue weighted by molar-refractivity contribution is 7.91. The van der Waals surface area contributed by atoms with Crippen LogP contribution in [0, 0.1) is 5.92 Å². The number of sulfone groups is 1. The Morgan fingerprint density at radius 1 is 1.45 bits per heavy atom. The lowest BCUT2D eigenvalue weighted by Gasteiger charge is -2.34. The molecule has 2 rings (SSSR count). The van der Waals surface area contributed by atoms with Crippen LogP contribution in [-0.4, -0.2) is 36.4 Å². The lowest BCUT2D eigenvalue weighted by molar-refractivity contribution is 0.271. The summed E-state index contributed by atoms with van der Waals surface area (Å²) in [6.07, 6.45) is 8.18. The van der Waals surface area contributed by atoms with Gasteiger partial charge in [-0.15, -0.1) is 0 Å². The van der Waals surface area contributed by atoms with Crippen LogP contribution < -0.4 is 5.32 Å². The third-order valence-corrected chi connectivity index (χ3v) is 5.73. The molecule has 0 saturated heterocycles. The fraction of sp³-hybridized carbons (Fsp3) is 0.714. The summed E-state index contributed by atoms with van der Waals surface area (Å²) in [5.41, 5.74) is 0.959. The van der Waals surface area contributed by atoms with Crippen molar-refractivity contribution in [3.8, 4) is 0 Å². The fourth-order valence-electron chi connectivity index (χ4n) is 3.09. The predicted molar refractivity (Wildman–Crippen MR) is 79.0 cm³/mol. The molecule has 1 fully saturated rings. The van der Waals surface area contributed by atoms with Gasteiger partial charge >= 0.3 is 0 Å². The van der Waals surface area contributed by atoms with E-state index < -0.39 is 9.84 Å². The van der Waals surface area contributed by atoms with Crippen LogP contribution in [0.25, 0.3) is 0 Å². The topological polar surface area (TPSA) is 72.0 Å². The number of hydrogen-bond donors (Lipinski definition) is 1. The summed E-state index contributed by atoms with van der Waals surface area (Å²) in [6, 6.07) is 2.03. The van der Waals surface area contributed by atoms with E-state index in [0.717, 1.165) is 37.9 Å². The smallest absolute Gasteiger partial charge is 0.150 e. The van der Waals surface area contributed by atoms with Gasteiger partial charge in [0.2, 0.25) is 0 Å². The highest BCUT2D eigenvalue weighted by Gasteiger charge is 2.33. The van der Waals surface area contributed by atoms with Crippen LogP contribution >= 0.6 is 0 Å². The summed E-state index contributed by atoms with van der Waals surface area (Å²) in [6.45, 7) is 2.90. The number of nitrogens with one attached hydrogen (secondary N) is 1. The van der Waals surface area contributed by atoms with Gasteiger partial charge in [-0.3, -0.25) is 0 Å². The van der Waals surface area contributed by atoms with Gasteiger partial charge in [0.25, 0.3) is 0 Å². The number of hydrogen-bond acceptors (Lipinski definition) is 5. The van der Waals surface area contributed by atoms with E-state index in [2.05, 4.69) is 22.2 Å². The largest absolute Gasteiger partial charge is 0.309 e. The first-order valence-corrected chi connectivity index (χ1v) is 9.16. The van der Waals surface area contributed by atoms with Crippen LogP contribution in [0.3, 0.4) is 0 Å². The Labute approximate surface area is 121 Å². The molecule has 0 radical (unpaired) electrons. The standard InChI is InChI=1S/C14H23N3O2S/c1-3-16-14(13-7-8-15-10-17-13)11-5-4-6-12(9-11)20(2,18)19/h7-8,10-12,14,16H,3-6,9H2,1-2H3. The molecule has 1 aromatic rings. The first-order valence-electron chi connectivity index (χ1n) is 7.20. The molecule has 1 aliphatic carbocycles. The molecule has 3 atom stereocenters. The maximum atomic E-state index is 11.8. The van der Waals surface area contributed by atoms with Crippen molar-refractivity contribution in [1.29, 1.82) is 0 Å². The minimum absolute atomic E-state index is 0.118. The molecule has 6 heteroatoms. The van der Waals surface area contributed by atoms with Gasteiger partial charge in [-0.1, -0.05) is 13.3 Å². The van der Waals surface area contributed by atoms with E-state index in [1.54, 1.807) is 12.5 Å². The minimum atomic E-state index is -2.95. The van der Waals surface area contributed by atoms with Crippen LogP contribution in [0.2, 0.25) is 0 Å². The molecule has 1 saturated carbocycles. The van der Waals surface area contributed by atoms with Crippen molar-refractivity contribution in [3.05, 3.63) is 24.3 Å². The average molecular weight is 297 g/mol. The van der Waals surface area contributed by atoms with Gasteiger partial charge in [0, 0.05) is 12.5 Å². The molecule has 1 heterocycles. The van der Waals surface area contributed by atoms with Gasteiger partial charge in [-0.2, -0.15) is 0 Å². The van der Waals surface area contributed by atoms with Gasteiger partial charge in [0.05, 0.1) is 17.0 Å². The predicted octanol–water partition coefficient (Wildman–Crippen LogP) is 1.73. The maximum Gasteiger partial charge on any atom is 0.150 e. The number of rotatable bonds is 5. The first kappa shape index (κ1) is 15.4. The molecule has 20 heavy (non-hydrogen) atoms. The second-order valence-electron chi connectivity index (χ2n) is 5.55. The molecule has 0 amide bonds. The van der Waals surface area contributed by atoms with Gasteiger partial charge in [-0.25, -0.2) is 18.4 Å². The second-order valence-corrected chi connectivity index (χ2v) is 7.87. The molecular weight excluding hydrogens is 274 g/mol. The Balaban J connectivity index is 2.17. The summed E-state index contributed by atoms with van der Waals surface area (Å²) in [5, 5.41) is 3.25. The molecular formula is C14H23N3O2S. The summed E-state index contributed by atoms with van der Waals surface area (Å²) in [5.74, 6) is 0.318. The molecule has 1 N–H and O–H groups in total. The number of aromatic nitrogens is 2. The summed E-state index contributed by atoms with van der Waals surface area (Å²) >= 11 is 0. The second kappa shape index (κ2) is 6.63. The van der Waals surface area contributed by atoms with Gasteiger partial charge < -0.3 is 5.32 Å². The van der Waals surface area contributed by atoms with Crippen molar-refractivity contribution in [2.75, 3.05) is 12.8 Å². The normalized spacial score (nSPS) is 25.3. The zero-order chi connectivity index (χ0) is 14.6. The van der Waals surface area contributed by atoms with Gasteiger partial charge in [0.15, 0.2) is 0 Å². The monoisotopic (exact) mass is 297 g/mol. The van der Waals surface area contributed by atoms with E-state index in [1.807, 2.05) is 6.07 Å². The highest BCUT2D eigenvalue weighted by atomic mass is 32.2. The fourth-order valence-corrected chi connectivity index (χ4v) is 4.28. The summed E-state index contributed by atoms with van der Waals surface area (Å²) in [4.78, 5) is 8.29. The zero-order valence-electron chi connectivity index (χ0n) is 12.1. The molecule has 1 aliphatic rings. The van der Waals surface area contributed by atoms with Crippen LogP contribution in [0.1, 0.15) is 44.3 Å². The molecule has 1 aromatic heterocycles. The molecule has 0 bridgehead atoms. The van der Waals surface area contributed by atoms with E-state index in [-0.39, 0.29) is 11.3 Å². The first-order chi connectivity index (χ1) is 9.52. The third-order valence-electron chi connectivity index (χ3n) is 4.09. The lowest BCUT2D eigenvalue weighted by Crippen LogP contribution is -2.36. The SMILES string of the molecule is CCNC(c1ccncn1)C1CCCC(S(C)(=O)=O)C1. The van der Waals surface area contributed by atoms with E-state index in [4.69, 9.17) is 0 Å². The molecule has 0 aliphatic heterocycles. The van der Waals surface area contributed by atoms with Crippen LogP contribution in [0.4, 0.5) is 0 Å². The molecule has 0 aromatic carbocycles. The van der Waals surface area contributed by atoms with Gasteiger partial charge in [-0.05, 0) is 37.8 Å². The van der Waals surface area contributed by atoms with Crippen molar-refractivity contribution in [2.45, 2.75) is 43.9 Å². The Hall–Kier alpha value is -1.01. The quantitative estimate of drug-likeness (QED) is 0.896. The number of nitrogens with zero attached hydrogens (tertiary/aromatic N) is 2. The van der Waals surface area contributed by atoms with Crippen LogP contribution in [0.15, 0.2) is 18.6 Å². The Morgan fingerprint density at radius 2 is 2.25 bits per heavy atom. The Morgan fingerprint density at radius 3 is 2.85 bits per heavy atom. The van der Waals surface area contributed by atoms with E-state index in [9.17, 15) is 8.42 Å². The van der Waals surface area contributed by atoms with E-state index in [1.165, 1.54) is 6.26 Å². The van der Waals surface area contributed by atoms with Crippen molar-refractivity contribution >= 4 is 9.84 Å².